The molecule has 0 bridgehead atoms. The van der Waals surface area contributed by atoms with Crippen molar-refractivity contribution in [3.63, 3.8) is 0 Å². The Hall–Kier alpha value is -3.59. The van der Waals surface area contributed by atoms with Gasteiger partial charge >= 0.3 is 5.97 Å². The highest BCUT2D eigenvalue weighted by Gasteiger charge is 2.33. The minimum atomic E-state index is -0.426. The quantitative estimate of drug-likeness (QED) is 0.500. The van der Waals surface area contributed by atoms with E-state index in [0.29, 0.717) is 34.4 Å². The summed E-state index contributed by atoms with van der Waals surface area (Å²) in [5, 5.41) is 12.0. The van der Waals surface area contributed by atoms with E-state index in [4.69, 9.17) is 4.74 Å². The average molecular weight is 422 g/mol. The highest BCUT2D eigenvalue weighted by molar-refractivity contribution is 7.15. The van der Waals surface area contributed by atoms with Crippen LogP contribution in [0.1, 0.15) is 34.6 Å². The predicted octanol–water partition coefficient (Wildman–Crippen LogP) is 3.24. The van der Waals surface area contributed by atoms with Crippen LogP contribution in [-0.2, 0) is 9.59 Å². The van der Waals surface area contributed by atoms with Crippen molar-refractivity contribution >= 4 is 39.9 Å². The van der Waals surface area contributed by atoms with Gasteiger partial charge in [0.05, 0.1) is 0 Å². The van der Waals surface area contributed by atoms with Crippen molar-refractivity contribution in [3.05, 3.63) is 65.2 Å². The van der Waals surface area contributed by atoms with Gasteiger partial charge in [0.25, 0.3) is 5.91 Å². The number of aromatic nitrogens is 2. The van der Waals surface area contributed by atoms with E-state index in [2.05, 4.69) is 15.5 Å². The Morgan fingerprint density at radius 1 is 1.10 bits per heavy atom. The molecule has 1 atom stereocenters. The predicted molar refractivity (Wildman–Crippen MR) is 112 cm³/mol. The number of esters is 1. The first-order valence-corrected chi connectivity index (χ1v) is 10.1. The van der Waals surface area contributed by atoms with Crippen LogP contribution in [-0.4, -0.2) is 34.5 Å². The molecule has 2 aromatic carbocycles. The van der Waals surface area contributed by atoms with Crippen molar-refractivity contribution in [2.45, 2.75) is 19.3 Å². The summed E-state index contributed by atoms with van der Waals surface area (Å²) >= 11 is 1.26. The molecule has 1 aromatic heterocycles. The van der Waals surface area contributed by atoms with Crippen LogP contribution in [0.3, 0.4) is 0 Å². The normalized spacial score (nSPS) is 15.8. The highest BCUT2D eigenvalue weighted by atomic mass is 32.1. The summed E-state index contributed by atoms with van der Waals surface area (Å²) in [6.45, 7) is 1.84. The molecule has 152 valence electrons. The van der Waals surface area contributed by atoms with E-state index in [1.807, 2.05) is 30.3 Å². The van der Waals surface area contributed by atoms with Gasteiger partial charge in [-0.05, 0) is 36.4 Å². The fraction of sp³-hybridized carbons (Fsp3) is 0.190. The van der Waals surface area contributed by atoms with Crippen LogP contribution in [0.5, 0.6) is 5.75 Å². The number of benzene rings is 2. The molecule has 1 fully saturated rings. The van der Waals surface area contributed by atoms with E-state index in [1.165, 1.54) is 18.3 Å². The molecular weight excluding hydrogens is 404 g/mol. The third kappa shape index (κ3) is 4.36. The van der Waals surface area contributed by atoms with Crippen molar-refractivity contribution in [1.82, 2.24) is 10.2 Å². The summed E-state index contributed by atoms with van der Waals surface area (Å²) in [5.41, 5.74) is 1.26. The first kappa shape index (κ1) is 19.7. The van der Waals surface area contributed by atoms with Gasteiger partial charge in [0.2, 0.25) is 11.0 Å². The number of hydrogen-bond acceptors (Lipinski definition) is 7. The summed E-state index contributed by atoms with van der Waals surface area (Å²) in [6, 6.07) is 15.7. The van der Waals surface area contributed by atoms with Crippen molar-refractivity contribution in [1.29, 1.82) is 0 Å². The summed E-state index contributed by atoms with van der Waals surface area (Å²) in [7, 11) is 0. The zero-order chi connectivity index (χ0) is 21.1. The molecule has 1 N–H and O–H groups in total. The van der Waals surface area contributed by atoms with E-state index in [1.54, 1.807) is 29.2 Å². The number of hydrogen-bond donors (Lipinski definition) is 1. The van der Waals surface area contributed by atoms with Crippen molar-refractivity contribution < 1.29 is 19.1 Å². The maximum atomic E-state index is 12.4. The molecule has 0 aliphatic carbocycles. The number of rotatable bonds is 5. The van der Waals surface area contributed by atoms with Gasteiger partial charge in [0.15, 0.2) is 0 Å². The van der Waals surface area contributed by atoms with E-state index in [9.17, 15) is 14.4 Å². The molecule has 2 heterocycles. The van der Waals surface area contributed by atoms with Crippen LogP contribution < -0.4 is 15.0 Å². The van der Waals surface area contributed by atoms with Gasteiger partial charge in [-0.1, -0.05) is 29.5 Å². The molecule has 1 saturated heterocycles. The number of anilines is 2. The van der Waals surface area contributed by atoms with Crippen LogP contribution >= 0.6 is 11.3 Å². The molecule has 0 unspecified atom stereocenters. The van der Waals surface area contributed by atoms with Crippen LogP contribution in [0.2, 0.25) is 0 Å². The smallest absolute Gasteiger partial charge is 0.308 e. The van der Waals surface area contributed by atoms with Crippen molar-refractivity contribution in [2.75, 3.05) is 16.8 Å². The van der Waals surface area contributed by atoms with Crippen LogP contribution in [0.25, 0.3) is 0 Å². The molecular formula is C21H18N4O4S. The fourth-order valence-corrected chi connectivity index (χ4v) is 4.02. The second-order valence-electron chi connectivity index (χ2n) is 6.76. The second kappa shape index (κ2) is 8.42. The zero-order valence-corrected chi connectivity index (χ0v) is 16.9. The van der Waals surface area contributed by atoms with Gasteiger partial charge in [-0.2, -0.15) is 0 Å². The highest BCUT2D eigenvalue weighted by Crippen LogP contribution is 2.34. The van der Waals surface area contributed by atoms with Crippen LogP contribution in [0, 0.1) is 0 Å². The van der Waals surface area contributed by atoms with Gasteiger partial charge in [0, 0.05) is 37.1 Å². The molecule has 1 aliphatic heterocycles. The lowest BCUT2D eigenvalue weighted by Crippen LogP contribution is -2.24. The Balaban J connectivity index is 1.40. The molecule has 3 aromatic rings. The third-order valence-electron chi connectivity index (χ3n) is 4.58. The number of para-hydroxylation sites is 1. The van der Waals surface area contributed by atoms with Crippen molar-refractivity contribution in [3.8, 4) is 5.75 Å². The van der Waals surface area contributed by atoms with Crippen LogP contribution in [0.4, 0.5) is 10.8 Å². The summed E-state index contributed by atoms with van der Waals surface area (Å²) in [5.74, 6) is -0.430. The lowest BCUT2D eigenvalue weighted by molar-refractivity contribution is -0.131. The summed E-state index contributed by atoms with van der Waals surface area (Å²) < 4.78 is 4.95. The van der Waals surface area contributed by atoms with Gasteiger partial charge in [-0.25, -0.2) is 0 Å². The maximum Gasteiger partial charge on any atom is 0.308 e. The van der Waals surface area contributed by atoms with E-state index >= 15 is 0 Å². The number of nitrogens with one attached hydrogen (secondary N) is 1. The molecule has 2 amide bonds. The maximum absolute atomic E-state index is 12.4. The second-order valence-corrected chi connectivity index (χ2v) is 7.77. The zero-order valence-electron chi connectivity index (χ0n) is 16.1. The molecule has 4 rings (SSSR count). The average Bonchev–Trinajstić information content (AvgIpc) is 3.35. The molecule has 0 radical (unpaired) electrons. The molecule has 8 nitrogen and oxygen atoms in total. The molecule has 9 heteroatoms. The van der Waals surface area contributed by atoms with E-state index < -0.39 is 5.97 Å². The molecule has 0 spiro atoms. The lowest BCUT2D eigenvalue weighted by atomic mass is 10.1. The molecule has 30 heavy (non-hydrogen) atoms. The van der Waals surface area contributed by atoms with E-state index in [-0.39, 0.29) is 17.7 Å². The first-order valence-electron chi connectivity index (χ1n) is 9.28. The topological polar surface area (TPSA) is 101 Å². The van der Waals surface area contributed by atoms with E-state index in [0.717, 1.165) is 5.69 Å². The van der Waals surface area contributed by atoms with Crippen molar-refractivity contribution in [2.24, 2.45) is 0 Å². The minimum absolute atomic E-state index is 0.0415. The summed E-state index contributed by atoms with van der Waals surface area (Å²) in [6.07, 6.45) is 0.356. The number of nitrogens with zero attached hydrogens (tertiary/aromatic N) is 3. The minimum Gasteiger partial charge on any atom is -0.427 e. The Bertz CT molecular complexity index is 1080. The largest absolute Gasteiger partial charge is 0.427 e. The van der Waals surface area contributed by atoms with Crippen LogP contribution in [0.15, 0.2) is 54.6 Å². The van der Waals surface area contributed by atoms with Gasteiger partial charge in [0.1, 0.15) is 10.8 Å². The molecule has 1 aliphatic rings. The number of amides is 2. The Kier molecular flexibility index (Phi) is 5.53. The number of ether oxygens (including phenoxy) is 1. The third-order valence-corrected chi connectivity index (χ3v) is 5.58. The number of carbonyl (C=O) groups is 3. The Morgan fingerprint density at radius 3 is 2.53 bits per heavy atom. The Labute approximate surface area is 176 Å². The SMILES string of the molecule is CC(=O)Oc1ccc(C(=O)Nc2nnc([C@H]3CC(=O)N(c4ccccc4)C3)s2)cc1. The first-order chi connectivity index (χ1) is 14.5. The monoisotopic (exact) mass is 422 g/mol. The summed E-state index contributed by atoms with van der Waals surface area (Å²) in [4.78, 5) is 37.5. The molecule has 0 saturated carbocycles. The Morgan fingerprint density at radius 2 is 1.83 bits per heavy atom. The lowest BCUT2D eigenvalue weighted by Gasteiger charge is -2.15. The fourth-order valence-electron chi connectivity index (χ4n) is 3.19. The van der Waals surface area contributed by atoms with Gasteiger partial charge < -0.3 is 9.64 Å². The number of carbonyl (C=O) groups excluding carboxylic acids is 3. The van der Waals surface area contributed by atoms with Gasteiger partial charge in [-0.15, -0.1) is 10.2 Å². The van der Waals surface area contributed by atoms with Gasteiger partial charge in [-0.3, -0.25) is 19.7 Å². The standard InChI is InChI=1S/C21H18N4O4S/c1-13(26)29-17-9-7-14(8-10-17)19(28)22-21-24-23-20(30-21)15-11-18(27)25(12-15)16-5-3-2-4-6-16/h2-10,15H,11-12H2,1H3,(H,22,24,28)/t15-/m0/s1.